The highest BCUT2D eigenvalue weighted by Crippen LogP contribution is 1.83. The normalized spacial score (nSPS) is 10.2. The second-order valence-electron chi connectivity index (χ2n) is 3.46. The van der Waals surface area contributed by atoms with E-state index in [1.807, 2.05) is 0 Å². The van der Waals surface area contributed by atoms with Crippen molar-refractivity contribution < 1.29 is 23.8 Å². The van der Waals surface area contributed by atoms with Crippen LogP contribution in [-0.2, 0) is 23.8 Å². The van der Waals surface area contributed by atoms with Gasteiger partial charge in [0.1, 0.15) is 12.4 Å². The Bertz CT molecular complexity index is 220. The Labute approximate surface area is 102 Å². The Balaban J connectivity index is 3.19. The van der Waals surface area contributed by atoms with Crippen molar-refractivity contribution in [2.24, 2.45) is 0 Å². The van der Waals surface area contributed by atoms with Crippen molar-refractivity contribution in [1.82, 2.24) is 5.32 Å². The summed E-state index contributed by atoms with van der Waals surface area (Å²) in [5, 5.41) is 2.63. The zero-order valence-electron chi connectivity index (χ0n) is 10.5. The van der Waals surface area contributed by atoms with Gasteiger partial charge in [-0.2, -0.15) is 0 Å². The zero-order chi connectivity index (χ0) is 12.9. The topological polar surface area (TPSA) is 73.9 Å². The van der Waals surface area contributed by atoms with Gasteiger partial charge in [-0.15, -0.1) is 0 Å². The smallest absolute Gasteiger partial charge is 0.246 e. The van der Waals surface area contributed by atoms with Crippen LogP contribution >= 0.6 is 0 Å². The van der Waals surface area contributed by atoms with E-state index in [4.69, 9.17) is 14.2 Å². The molecule has 0 radical (unpaired) electrons. The summed E-state index contributed by atoms with van der Waals surface area (Å²) in [6.45, 7) is 3.64. The summed E-state index contributed by atoms with van der Waals surface area (Å²) in [6, 6.07) is 0. The highest BCUT2D eigenvalue weighted by atomic mass is 16.5. The van der Waals surface area contributed by atoms with Crippen molar-refractivity contribution in [2.45, 2.75) is 13.3 Å². The fraction of sp³-hybridized carbons (Fsp3) is 0.818. The van der Waals surface area contributed by atoms with Crippen molar-refractivity contribution >= 4 is 11.7 Å². The van der Waals surface area contributed by atoms with E-state index in [1.54, 1.807) is 7.11 Å². The number of Topliss-reactive ketones (excluding diaryl/α,β-unsaturated/α-hetero) is 1. The number of carbonyl (C=O) groups excluding carboxylic acids is 2. The first kappa shape index (κ1) is 16.0. The van der Waals surface area contributed by atoms with Crippen LogP contribution in [0.4, 0.5) is 0 Å². The van der Waals surface area contributed by atoms with E-state index in [2.05, 4.69) is 5.32 Å². The molecule has 0 atom stereocenters. The molecule has 0 fully saturated rings. The maximum Gasteiger partial charge on any atom is 0.246 e. The third-order valence-electron chi connectivity index (χ3n) is 1.83. The van der Waals surface area contributed by atoms with Crippen molar-refractivity contribution in [3.05, 3.63) is 0 Å². The van der Waals surface area contributed by atoms with Gasteiger partial charge >= 0.3 is 0 Å². The van der Waals surface area contributed by atoms with Crippen molar-refractivity contribution in [3.8, 4) is 0 Å². The molecule has 0 saturated carbocycles. The number of rotatable bonds is 11. The molecule has 0 aromatic heterocycles. The van der Waals surface area contributed by atoms with Crippen LogP contribution < -0.4 is 5.32 Å². The maximum absolute atomic E-state index is 11.2. The lowest BCUT2D eigenvalue weighted by Crippen LogP contribution is -2.31. The first-order valence-electron chi connectivity index (χ1n) is 5.57. The van der Waals surface area contributed by atoms with E-state index in [9.17, 15) is 9.59 Å². The number of ether oxygens (including phenoxy) is 3. The monoisotopic (exact) mass is 247 g/mol. The Kier molecular flexibility index (Phi) is 10.8. The average molecular weight is 247 g/mol. The number of hydrogen-bond acceptors (Lipinski definition) is 5. The molecule has 6 heteroatoms. The van der Waals surface area contributed by atoms with E-state index in [-0.39, 0.29) is 18.3 Å². The van der Waals surface area contributed by atoms with E-state index in [1.165, 1.54) is 6.92 Å². The molecule has 0 saturated heterocycles. The number of methoxy groups -OCH3 is 1. The van der Waals surface area contributed by atoms with Gasteiger partial charge in [0.05, 0.1) is 26.4 Å². The van der Waals surface area contributed by atoms with E-state index < -0.39 is 0 Å². The summed E-state index contributed by atoms with van der Waals surface area (Å²) in [6.07, 6.45) is 0.411. The Hall–Kier alpha value is -0.980. The minimum absolute atomic E-state index is 0.0246. The summed E-state index contributed by atoms with van der Waals surface area (Å²) < 4.78 is 14.9. The summed E-state index contributed by atoms with van der Waals surface area (Å²) in [4.78, 5) is 21.7. The van der Waals surface area contributed by atoms with Crippen LogP contribution in [-0.4, -0.2) is 58.4 Å². The Morgan fingerprint density at radius 3 is 2.47 bits per heavy atom. The number of hydrogen-bond donors (Lipinski definition) is 1. The van der Waals surface area contributed by atoms with Gasteiger partial charge in [0.2, 0.25) is 5.91 Å². The molecule has 0 aliphatic carbocycles. The lowest BCUT2D eigenvalue weighted by Gasteiger charge is -2.06. The molecule has 0 bridgehead atoms. The predicted molar refractivity (Wildman–Crippen MR) is 61.8 cm³/mol. The summed E-state index contributed by atoms with van der Waals surface area (Å²) in [5.41, 5.74) is 0. The van der Waals surface area contributed by atoms with Gasteiger partial charge < -0.3 is 19.5 Å². The van der Waals surface area contributed by atoms with Gasteiger partial charge in [-0.05, 0) is 6.92 Å². The van der Waals surface area contributed by atoms with Gasteiger partial charge in [0.15, 0.2) is 0 Å². The molecular formula is C11H21NO5. The first-order chi connectivity index (χ1) is 8.16. The van der Waals surface area contributed by atoms with Crippen LogP contribution in [0.3, 0.4) is 0 Å². The van der Waals surface area contributed by atoms with Crippen molar-refractivity contribution in [1.29, 1.82) is 0 Å². The molecule has 0 unspecified atom stereocenters. The average Bonchev–Trinajstić information content (AvgIpc) is 2.29. The third kappa shape index (κ3) is 13.0. The molecule has 1 N–H and O–H groups in total. The summed E-state index contributed by atoms with van der Waals surface area (Å²) in [5.74, 6) is -0.0863. The number of ketones is 1. The largest absolute Gasteiger partial charge is 0.382 e. The maximum atomic E-state index is 11.2. The molecule has 0 aliphatic rings. The predicted octanol–water partition coefficient (Wildman–Crippen LogP) is -0.239. The third-order valence-corrected chi connectivity index (χ3v) is 1.83. The van der Waals surface area contributed by atoms with Gasteiger partial charge in [-0.3, -0.25) is 9.59 Å². The van der Waals surface area contributed by atoms with E-state index in [0.29, 0.717) is 39.4 Å². The lowest BCUT2D eigenvalue weighted by molar-refractivity contribution is -0.126. The summed E-state index contributed by atoms with van der Waals surface area (Å²) in [7, 11) is 1.57. The Morgan fingerprint density at radius 2 is 1.82 bits per heavy atom. The van der Waals surface area contributed by atoms with Crippen molar-refractivity contribution in [3.63, 3.8) is 0 Å². The molecule has 0 spiro atoms. The van der Waals surface area contributed by atoms with Crippen LogP contribution in [0.5, 0.6) is 0 Å². The lowest BCUT2D eigenvalue weighted by atomic mass is 10.3. The second kappa shape index (κ2) is 11.5. The molecule has 0 aromatic rings. The standard InChI is InChI=1S/C11H21NO5/c1-10(13)3-5-16-6-4-12-11(14)9-17-8-7-15-2/h3-9H2,1-2H3,(H,12,14). The molecule has 0 aromatic carbocycles. The molecule has 1 amide bonds. The zero-order valence-corrected chi connectivity index (χ0v) is 10.5. The van der Waals surface area contributed by atoms with Crippen LogP contribution in [0.1, 0.15) is 13.3 Å². The molecule has 100 valence electrons. The van der Waals surface area contributed by atoms with Crippen LogP contribution in [0.15, 0.2) is 0 Å². The highest BCUT2D eigenvalue weighted by molar-refractivity contribution is 5.77. The van der Waals surface area contributed by atoms with Crippen molar-refractivity contribution in [2.75, 3.05) is 46.7 Å². The first-order valence-corrected chi connectivity index (χ1v) is 5.57. The number of nitrogens with one attached hydrogen (secondary N) is 1. The molecule has 0 heterocycles. The highest BCUT2D eigenvalue weighted by Gasteiger charge is 2.00. The van der Waals surface area contributed by atoms with E-state index >= 15 is 0 Å². The molecule has 0 rings (SSSR count). The minimum atomic E-state index is -0.184. The van der Waals surface area contributed by atoms with Crippen LogP contribution in [0, 0.1) is 0 Å². The second-order valence-corrected chi connectivity index (χ2v) is 3.46. The van der Waals surface area contributed by atoms with Gasteiger partial charge in [-0.1, -0.05) is 0 Å². The molecule has 17 heavy (non-hydrogen) atoms. The van der Waals surface area contributed by atoms with E-state index in [0.717, 1.165) is 0 Å². The SMILES string of the molecule is COCCOCC(=O)NCCOCCC(C)=O. The molecular weight excluding hydrogens is 226 g/mol. The van der Waals surface area contributed by atoms with Gasteiger partial charge in [0.25, 0.3) is 0 Å². The quantitative estimate of drug-likeness (QED) is 0.510. The minimum Gasteiger partial charge on any atom is -0.382 e. The molecule has 6 nitrogen and oxygen atoms in total. The van der Waals surface area contributed by atoms with Crippen LogP contribution in [0.2, 0.25) is 0 Å². The fourth-order valence-electron chi connectivity index (χ4n) is 0.939. The number of carbonyl (C=O) groups is 2. The number of amides is 1. The van der Waals surface area contributed by atoms with Crippen LogP contribution in [0.25, 0.3) is 0 Å². The fourth-order valence-corrected chi connectivity index (χ4v) is 0.939. The summed E-state index contributed by atoms with van der Waals surface area (Å²) >= 11 is 0. The van der Waals surface area contributed by atoms with Gasteiger partial charge in [0, 0.05) is 20.1 Å². The van der Waals surface area contributed by atoms with Gasteiger partial charge in [-0.25, -0.2) is 0 Å². The molecule has 0 aliphatic heterocycles. The Morgan fingerprint density at radius 1 is 1.06 bits per heavy atom.